The van der Waals surface area contributed by atoms with Gasteiger partial charge in [0.05, 0.1) is 5.84 Å². The lowest BCUT2D eigenvalue weighted by Gasteiger charge is -2.26. The first-order valence-electron chi connectivity index (χ1n) is 5.89. The lowest BCUT2D eigenvalue weighted by Crippen LogP contribution is -2.28. The highest BCUT2D eigenvalue weighted by atomic mass is 14.9. The predicted molar refractivity (Wildman–Crippen MR) is 62.4 cm³/mol. The molecule has 0 saturated heterocycles. The lowest BCUT2D eigenvalue weighted by molar-refractivity contribution is 0.337. The first-order valence-corrected chi connectivity index (χ1v) is 5.89. The second-order valence-corrected chi connectivity index (χ2v) is 5.13. The molecule has 2 nitrogen and oxygen atoms in total. The van der Waals surface area contributed by atoms with Crippen molar-refractivity contribution in [3.63, 3.8) is 0 Å². The summed E-state index contributed by atoms with van der Waals surface area (Å²) in [4.78, 5) is 4.48. The molecular weight excluding hydrogens is 172 g/mol. The predicted octanol–water partition coefficient (Wildman–Crippen LogP) is 2.83. The minimum atomic E-state index is 0.567. The van der Waals surface area contributed by atoms with Gasteiger partial charge in [-0.05, 0) is 24.7 Å². The van der Waals surface area contributed by atoms with Crippen molar-refractivity contribution in [1.29, 1.82) is 0 Å². The Bertz CT molecular complexity index is 196. The topological polar surface area (TPSA) is 38.4 Å². The molecule has 1 fully saturated rings. The average Bonchev–Trinajstić information content (AvgIpc) is 2.14. The van der Waals surface area contributed by atoms with Crippen molar-refractivity contribution in [3.05, 3.63) is 0 Å². The molecule has 1 aliphatic rings. The van der Waals surface area contributed by atoms with E-state index in [4.69, 9.17) is 5.73 Å². The molecule has 0 aliphatic heterocycles. The second-order valence-electron chi connectivity index (χ2n) is 5.13. The van der Waals surface area contributed by atoms with Crippen LogP contribution in [-0.2, 0) is 0 Å². The molecule has 0 radical (unpaired) electrons. The van der Waals surface area contributed by atoms with Crippen molar-refractivity contribution in [2.24, 2.45) is 28.5 Å². The first-order chi connectivity index (χ1) is 6.59. The molecular formula is C12H24N2. The third kappa shape index (κ3) is 3.69. The third-order valence-electron chi connectivity index (χ3n) is 2.99. The van der Waals surface area contributed by atoms with E-state index in [1.807, 2.05) is 0 Å². The maximum Gasteiger partial charge on any atom is 0.0968 e. The molecule has 0 amide bonds. The minimum Gasteiger partial charge on any atom is -0.387 e. The molecule has 1 saturated carbocycles. The molecule has 0 aromatic heterocycles. The van der Waals surface area contributed by atoms with E-state index in [0.29, 0.717) is 11.8 Å². The van der Waals surface area contributed by atoms with Crippen molar-refractivity contribution in [3.8, 4) is 0 Å². The van der Waals surface area contributed by atoms with Crippen molar-refractivity contribution >= 4 is 5.84 Å². The minimum absolute atomic E-state index is 0.567. The highest BCUT2D eigenvalue weighted by Crippen LogP contribution is 2.28. The summed E-state index contributed by atoms with van der Waals surface area (Å²) in [6.07, 6.45) is 5.18. The van der Waals surface area contributed by atoms with E-state index < -0.39 is 0 Å². The second kappa shape index (κ2) is 5.38. The van der Waals surface area contributed by atoms with Gasteiger partial charge in [0.25, 0.3) is 0 Å². The van der Waals surface area contributed by atoms with Crippen molar-refractivity contribution in [2.45, 2.75) is 46.5 Å². The van der Waals surface area contributed by atoms with Crippen LogP contribution in [0.4, 0.5) is 0 Å². The molecule has 1 rings (SSSR count). The molecule has 14 heavy (non-hydrogen) atoms. The van der Waals surface area contributed by atoms with Gasteiger partial charge in [-0.1, -0.05) is 33.6 Å². The quantitative estimate of drug-likeness (QED) is 0.547. The number of hydrogen-bond donors (Lipinski definition) is 1. The smallest absolute Gasteiger partial charge is 0.0968 e. The van der Waals surface area contributed by atoms with Gasteiger partial charge in [0, 0.05) is 12.5 Å². The van der Waals surface area contributed by atoms with Crippen LogP contribution in [0, 0.1) is 17.8 Å². The van der Waals surface area contributed by atoms with Crippen LogP contribution in [-0.4, -0.2) is 12.4 Å². The van der Waals surface area contributed by atoms with Crippen LogP contribution in [0.1, 0.15) is 46.5 Å². The van der Waals surface area contributed by atoms with Crippen LogP contribution < -0.4 is 5.73 Å². The number of nitrogens with zero attached hydrogens (tertiary/aromatic N) is 1. The molecule has 0 heterocycles. The Morgan fingerprint density at radius 3 is 2.71 bits per heavy atom. The SMILES string of the molecule is CC(C)CN=C(N)C1CCCC(C)C1. The van der Waals surface area contributed by atoms with E-state index in [1.54, 1.807) is 0 Å². The average molecular weight is 196 g/mol. The number of hydrogen-bond acceptors (Lipinski definition) is 1. The number of rotatable bonds is 3. The highest BCUT2D eigenvalue weighted by Gasteiger charge is 2.21. The molecule has 2 atom stereocenters. The van der Waals surface area contributed by atoms with Crippen LogP contribution in [0.25, 0.3) is 0 Å². The van der Waals surface area contributed by atoms with Crippen LogP contribution in [0.2, 0.25) is 0 Å². The molecule has 2 unspecified atom stereocenters. The van der Waals surface area contributed by atoms with Crippen LogP contribution in [0.15, 0.2) is 4.99 Å². The Balaban J connectivity index is 2.42. The summed E-state index contributed by atoms with van der Waals surface area (Å²) in [5.41, 5.74) is 6.01. The Kier molecular flexibility index (Phi) is 4.43. The van der Waals surface area contributed by atoms with E-state index in [1.165, 1.54) is 25.7 Å². The maximum atomic E-state index is 6.01. The Morgan fingerprint density at radius 2 is 2.14 bits per heavy atom. The Morgan fingerprint density at radius 1 is 1.43 bits per heavy atom. The van der Waals surface area contributed by atoms with Gasteiger partial charge in [0.2, 0.25) is 0 Å². The van der Waals surface area contributed by atoms with Crippen LogP contribution in [0.3, 0.4) is 0 Å². The van der Waals surface area contributed by atoms with E-state index in [-0.39, 0.29) is 0 Å². The van der Waals surface area contributed by atoms with Gasteiger partial charge in [-0.2, -0.15) is 0 Å². The van der Waals surface area contributed by atoms with Crippen LogP contribution in [0.5, 0.6) is 0 Å². The normalized spacial score (nSPS) is 29.6. The fourth-order valence-electron chi connectivity index (χ4n) is 2.12. The van der Waals surface area contributed by atoms with E-state index in [0.717, 1.165) is 18.3 Å². The molecule has 0 aromatic rings. The van der Waals surface area contributed by atoms with E-state index in [2.05, 4.69) is 25.8 Å². The van der Waals surface area contributed by atoms with E-state index >= 15 is 0 Å². The summed E-state index contributed by atoms with van der Waals surface area (Å²) in [5, 5.41) is 0. The highest BCUT2D eigenvalue weighted by molar-refractivity contribution is 5.82. The third-order valence-corrected chi connectivity index (χ3v) is 2.99. The van der Waals surface area contributed by atoms with Gasteiger partial charge < -0.3 is 5.73 Å². The first kappa shape index (κ1) is 11.5. The van der Waals surface area contributed by atoms with Gasteiger partial charge >= 0.3 is 0 Å². The lowest BCUT2D eigenvalue weighted by atomic mass is 9.82. The largest absolute Gasteiger partial charge is 0.387 e. The summed E-state index contributed by atoms with van der Waals surface area (Å²) >= 11 is 0. The summed E-state index contributed by atoms with van der Waals surface area (Å²) in [5.74, 6) is 2.93. The number of aliphatic imine (C=N–C) groups is 1. The van der Waals surface area contributed by atoms with Gasteiger partial charge in [0.15, 0.2) is 0 Å². The summed E-state index contributed by atoms with van der Waals surface area (Å²) < 4.78 is 0. The molecule has 1 aliphatic carbocycles. The summed E-state index contributed by atoms with van der Waals surface area (Å²) in [6, 6.07) is 0. The van der Waals surface area contributed by atoms with Crippen molar-refractivity contribution in [1.82, 2.24) is 0 Å². The summed E-state index contributed by atoms with van der Waals surface area (Å²) in [6.45, 7) is 7.57. The van der Waals surface area contributed by atoms with Crippen molar-refractivity contribution < 1.29 is 0 Å². The van der Waals surface area contributed by atoms with Crippen molar-refractivity contribution in [2.75, 3.05) is 6.54 Å². The van der Waals surface area contributed by atoms with Gasteiger partial charge in [0.1, 0.15) is 0 Å². The maximum absolute atomic E-state index is 6.01. The fraction of sp³-hybridized carbons (Fsp3) is 0.917. The zero-order valence-electron chi connectivity index (χ0n) is 9.79. The molecule has 2 N–H and O–H groups in total. The Hall–Kier alpha value is -0.530. The molecule has 2 heteroatoms. The van der Waals surface area contributed by atoms with Gasteiger partial charge in [-0.25, -0.2) is 0 Å². The fourth-order valence-corrected chi connectivity index (χ4v) is 2.12. The standard InChI is InChI=1S/C12H24N2/c1-9(2)8-14-12(13)11-6-4-5-10(3)7-11/h9-11H,4-8H2,1-3H3,(H2,13,14). The molecule has 82 valence electrons. The molecule has 0 aromatic carbocycles. The van der Waals surface area contributed by atoms with Crippen LogP contribution >= 0.6 is 0 Å². The molecule has 0 spiro atoms. The number of nitrogens with two attached hydrogens (primary N) is 1. The zero-order chi connectivity index (χ0) is 10.6. The van der Waals surface area contributed by atoms with Gasteiger partial charge in [-0.3, -0.25) is 4.99 Å². The molecule has 0 bridgehead atoms. The zero-order valence-corrected chi connectivity index (χ0v) is 9.79. The monoisotopic (exact) mass is 196 g/mol. The van der Waals surface area contributed by atoms with Gasteiger partial charge in [-0.15, -0.1) is 0 Å². The van der Waals surface area contributed by atoms with E-state index in [9.17, 15) is 0 Å². The number of amidine groups is 1. The summed E-state index contributed by atoms with van der Waals surface area (Å²) in [7, 11) is 0. The Labute approximate surface area is 88.0 Å².